The van der Waals surface area contributed by atoms with E-state index in [9.17, 15) is 9.59 Å². The molecule has 0 aliphatic rings. The SMILES string of the molecule is CCCCCCCOC(=O)CCCCCCCCC(CC)CC(=O)OCCCCCCC. The maximum absolute atomic E-state index is 12.0. The highest BCUT2D eigenvalue weighted by atomic mass is 16.5. The molecule has 0 aromatic rings. The number of hydrogen-bond donors (Lipinski definition) is 0. The van der Waals surface area contributed by atoms with Crippen LogP contribution in [0.2, 0.25) is 0 Å². The molecule has 0 rings (SSSR count). The van der Waals surface area contributed by atoms with Crippen molar-refractivity contribution in [2.24, 2.45) is 5.92 Å². The number of carbonyl (C=O) groups excluding carboxylic acids is 2. The molecule has 0 bridgehead atoms. The monoisotopic (exact) mass is 454 g/mol. The number of esters is 2. The van der Waals surface area contributed by atoms with Gasteiger partial charge in [0.1, 0.15) is 0 Å². The zero-order valence-corrected chi connectivity index (χ0v) is 21.8. The summed E-state index contributed by atoms with van der Waals surface area (Å²) in [5.74, 6) is 0.415. The van der Waals surface area contributed by atoms with Crippen LogP contribution in [0.1, 0.15) is 149 Å². The summed E-state index contributed by atoms with van der Waals surface area (Å²) in [5.41, 5.74) is 0. The van der Waals surface area contributed by atoms with Crippen molar-refractivity contribution in [1.82, 2.24) is 0 Å². The number of unbranched alkanes of at least 4 members (excludes halogenated alkanes) is 13. The third kappa shape index (κ3) is 22.1. The Morgan fingerprint density at radius 2 is 1.03 bits per heavy atom. The molecule has 0 aliphatic heterocycles. The predicted octanol–water partition coefficient (Wildman–Crippen LogP) is 8.55. The van der Waals surface area contributed by atoms with E-state index in [1.165, 1.54) is 77.0 Å². The van der Waals surface area contributed by atoms with Gasteiger partial charge < -0.3 is 9.47 Å². The summed E-state index contributed by atoms with van der Waals surface area (Å²) in [6, 6.07) is 0. The molecule has 0 aliphatic carbocycles. The molecule has 0 aromatic heterocycles. The van der Waals surface area contributed by atoms with Crippen molar-refractivity contribution in [3.8, 4) is 0 Å². The molecule has 0 N–H and O–H groups in total. The third-order valence-electron chi connectivity index (χ3n) is 6.30. The Morgan fingerprint density at radius 1 is 0.562 bits per heavy atom. The summed E-state index contributed by atoms with van der Waals surface area (Å²) in [6.07, 6.45) is 22.0. The van der Waals surface area contributed by atoms with Gasteiger partial charge in [-0.2, -0.15) is 0 Å². The van der Waals surface area contributed by atoms with E-state index in [0.29, 0.717) is 32.0 Å². The fourth-order valence-corrected chi connectivity index (χ4v) is 4.01. The molecule has 0 saturated carbocycles. The molecule has 0 heterocycles. The van der Waals surface area contributed by atoms with E-state index in [-0.39, 0.29) is 11.9 Å². The van der Waals surface area contributed by atoms with Gasteiger partial charge in [0.15, 0.2) is 0 Å². The van der Waals surface area contributed by atoms with E-state index in [4.69, 9.17) is 9.47 Å². The molecule has 0 fully saturated rings. The van der Waals surface area contributed by atoms with E-state index in [1.807, 2.05) is 0 Å². The quantitative estimate of drug-likeness (QED) is 0.108. The zero-order valence-electron chi connectivity index (χ0n) is 21.8. The lowest BCUT2D eigenvalue weighted by Crippen LogP contribution is -2.12. The zero-order chi connectivity index (χ0) is 23.7. The van der Waals surface area contributed by atoms with E-state index in [2.05, 4.69) is 20.8 Å². The van der Waals surface area contributed by atoms with Crippen LogP contribution >= 0.6 is 0 Å². The lowest BCUT2D eigenvalue weighted by atomic mass is 9.95. The lowest BCUT2D eigenvalue weighted by molar-refractivity contribution is -0.145. The van der Waals surface area contributed by atoms with Gasteiger partial charge >= 0.3 is 11.9 Å². The van der Waals surface area contributed by atoms with Crippen molar-refractivity contribution in [1.29, 1.82) is 0 Å². The van der Waals surface area contributed by atoms with Gasteiger partial charge in [-0.15, -0.1) is 0 Å². The molecule has 0 aromatic carbocycles. The number of carbonyl (C=O) groups is 2. The van der Waals surface area contributed by atoms with Crippen LogP contribution in [0.3, 0.4) is 0 Å². The first kappa shape index (κ1) is 30.9. The minimum atomic E-state index is -0.0286. The first-order chi connectivity index (χ1) is 15.6. The Bertz CT molecular complexity index is 422. The van der Waals surface area contributed by atoms with Gasteiger partial charge in [-0.25, -0.2) is 0 Å². The summed E-state index contributed by atoms with van der Waals surface area (Å²) in [7, 11) is 0. The maximum Gasteiger partial charge on any atom is 0.306 e. The summed E-state index contributed by atoms with van der Waals surface area (Å²) in [4.78, 5) is 23.8. The molecule has 1 unspecified atom stereocenters. The van der Waals surface area contributed by atoms with Gasteiger partial charge in [0.05, 0.1) is 13.2 Å². The van der Waals surface area contributed by atoms with E-state index in [0.717, 1.165) is 38.5 Å². The summed E-state index contributed by atoms with van der Waals surface area (Å²) in [6.45, 7) is 7.77. The Hall–Kier alpha value is -1.06. The molecule has 4 heteroatoms. The highest BCUT2D eigenvalue weighted by Crippen LogP contribution is 2.19. The fraction of sp³-hybridized carbons (Fsp3) is 0.929. The second-order valence-electron chi connectivity index (χ2n) is 9.41. The van der Waals surface area contributed by atoms with Crippen LogP contribution in [0.4, 0.5) is 0 Å². The number of hydrogen-bond acceptors (Lipinski definition) is 4. The van der Waals surface area contributed by atoms with Crippen molar-refractivity contribution in [2.75, 3.05) is 13.2 Å². The summed E-state index contributed by atoms with van der Waals surface area (Å²) >= 11 is 0. The van der Waals surface area contributed by atoms with Crippen LogP contribution < -0.4 is 0 Å². The van der Waals surface area contributed by atoms with Gasteiger partial charge in [0, 0.05) is 12.8 Å². The Morgan fingerprint density at radius 3 is 1.59 bits per heavy atom. The smallest absolute Gasteiger partial charge is 0.306 e. The Balaban J connectivity index is 3.51. The van der Waals surface area contributed by atoms with Crippen molar-refractivity contribution >= 4 is 11.9 Å². The van der Waals surface area contributed by atoms with Gasteiger partial charge in [-0.3, -0.25) is 9.59 Å². The highest BCUT2D eigenvalue weighted by Gasteiger charge is 2.13. The fourth-order valence-electron chi connectivity index (χ4n) is 4.01. The minimum Gasteiger partial charge on any atom is -0.466 e. The number of ether oxygens (including phenoxy) is 2. The van der Waals surface area contributed by atoms with Crippen LogP contribution in [-0.2, 0) is 19.1 Å². The molecule has 1 atom stereocenters. The standard InChI is InChI=1S/C28H54O4/c1-4-7-9-15-19-23-31-27(29)22-18-14-12-11-13-17-21-26(6-3)25-28(30)32-24-20-16-10-8-5-2/h26H,4-25H2,1-3H3. The van der Waals surface area contributed by atoms with Gasteiger partial charge in [-0.1, -0.05) is 111 Å². The van der Waals surface area contributed by atoms with Crippen LogP contribution in [-0.4, -0.2) is 25.2 Å². The molecule has 190 valence electrons. The van der Waals surface area contributed by atoms with Gasteiger partial charge in [0.2, 0.25) is 0 Å². The molecule has 4 nitrogen and oxygen atoms in total. The van der Waals surface area contributed by atoms with Crippen LogP contribution in [0.25, 0.3) is 0 Å². The minimum absolute atomic E-state index is 0.0137. The average Bonchev–Trinajstić information content (AvgIpc) is 2.79. The third-order valence-corrected chi connectivity index (χ3v) is 6.30. The maximum atomic E-state index is 12.0. The van der Waals surface area contributed by atoms with Crippen molar-refractivity contribution in [3.05, 3.63) is 0 Å². The largest absolute Gasteiger partial charge is 0.466 e. The van der Waals surface area contributed by atoms with Crippen molar-refractivity contribution in [2.45, 2.75) is 149 Å². The van der Waals surface area contributed by atoms with Gasteiger partial charge in [-0.05, 0) is 31.6 Å². The molecular weight excluding hydrogens is 400 g/mol. The first-order valence-corrected chi connectivity index (χ1v) is 13.9. The normalized spacial score (nSPS) is 12.0. The molecule has 0 radical (unpaired) electrons. The molecule has 0 amide bonds. The number of rotatable bonds is 24. The van der Waals surface area contributed by atoms with Crippen LogP contribution in [0, 0.1) is 5.92 Å². The molecule has 0 saturated heterocycles. The predicted molar refractivity (Wildman–Crippen MR) is 135 cm³/mol. The average molecular weight is 455 g/mol. The van der Waals surface area contributed by atoms with Gasteiger partial charge in [0.25, 0.3) is 0 Å². The first-order valence-electron chi connectivity index (χ1n) is 13.9. The van der Waals surface area contributed by atoms with Crippen LogP contribution in [0.15, 0.2) is 0 Å². The van der Waals surface area contributed by atoms with E-state index < -0.39 is 0 Å². The molecule has 32 heavy (non-hydrogen) atoms. The molecular formula is C28H54O4. The summed E-state index contributed by atoms with van der Waals surface area (Å²) in [5, 5.41) is 0. The van der Waals surface area contributed by atoms with E-state index >= 15 is 0 Å². The molecule has 0 spiro atoms. The van der Waals surface area contributed by atoms with Crippen molar-refractivity contribution < 1.29 is 19.1 Å². The Kier molecular flexibility index (Phi) is 23.8. The lowest BCUT2D eigenvalue weighted by Gasteiger charge is -2.14. The second kappa shape index (κ2) is 24.6. The van der Waals surface area contributed by atoms with Crippen LogP contribution in [0.5, 0.6) is 0 Å². The highest BCUT2D eigenvalue weighted by molar-refractivity contribution is 5.69. The Labute approximate surface area is 199 Å². The second-order valence-corrected chi connectivity index (χ2v) is 9.41. The topological polar surface area (TPSA) is 52.6 Å². The van der Waals surface area contributed by atoms with Crippen molar-refractivity contribution in [3.63, 3.8) is 0 Å². The summed E-state index contributed by atoms with van der Waals surface area (Å²) < 4.78 is 10.7. The van der Waals surface area contributed by atoms with E-state index in [1.54, 1.807) is 0 Å².